The molecule has 1 aromatic heterocycles. The van der Waals surface area contributed by atoms with Gasteiger partial charge in [-0.3, -0.25) is 0 Å². The van der Waals surface area contributed by atoms with Gasteiger partial charge in [-0.05, 0) is 19.1 Å². The summed E-state index contributed by atoms with van der Waals surface area (Å²) in [5.41, 5.74) is 5.79. The fraction of sp³-hybridized carbons (Fsp3) is 0.222. The molecule has 1 heterocycles. The Labute approximate surface area is 81.1 Å². The van der Waals surface area contributed by atoms with Crippen LogP contribution in [-0.4, -0.2) is 17.6 Å². The molecule has 0 spiro atoms. The lowest BCUT2D eigenvalue weighted by Gasteiger charge is -2.02. The predicted octanol–water partition coefficient (Wildman–Crippen LogP) is 0.712. The van der Waals surface area contributed by atoms with Crippen molar-refractivity contribution >= 4 is 11.8 Å². The number of hydrogen-bond donors (Lipinski definition) is 1. The van der Waals surface area contributed by atoms with Crippen molar-refractivity contribution in [3.05, 3.63) is 23.4 Å². The summed E-state index contributed by atoms with van der Waals surface area (Å²) in [7, 11) is 0. The lowest BCUT2D eigenvalue weighted by atomic mass is 10.2. The quantitative estimate of drug-likeness (QED) is 0.695. The van der Waals surface area contributed by atoms with Gasteiger partial charge in [0.15, 0.2) is 5.69 Å². The molecule has 0 aliphatic heterocycles. The van der Waals surface area contributed by atoms with Crippen LogP contribution in [0.15, 0.2) is 12.1 Å². The third-order valence-corrected chi connectivity index (χ3v) is 1.53. The highest BCUT2D eigenvalue weighted by molar-refractivity contribution is 5.87. The highest BCUT2D eigenvalue weighted by atomic mass is 16.5. The maximum Gasteiger partial charge on any atom is 0.356 e. The van der Waals surface area contributed by atoms with Crippen molar-refractivity contribution in [1.82, 2.24) is 4.98 Å². The molecule has 1 rings (SSSR count). The van der Waals surface area contributed by atoms with E-state index in [1.807, 2.05) is 6.07 Å². The molecule has 14 heavy (non-hydrogen) atoms. The van der Waals surface area contributed by atoms with Crippen LogP contribution in [0, 0.1) is 11.3 Å². The number of hydrogen-bond acceptors (Lipinski definition) is 5. The highest BCUT2D eigenvalue weighted by Gasteiger charge is 2.09. The van der Waals surface area contributed by atoms with Crippen LogP contribution in [0.5, 0.6) is 0 Å². The summed E-state index contributed by atoms with van der Waals surface area (Å²) in [5.74, 6) is -0.498. The lowest BCUT2D eigenvalue weighted by Crippen LogP contribution is -2.09. The van der Waals surface area contributed by atoms with Crippen molar-refractivity contribution in [2.75, 3.05) is 12.3 Å². The molecule has 2 N–H and O–H groups in total. The van der Waals surface area contributed by atoms with Gasteiger partial charge in [-0.2, -0.15) is 5.26 Å². The number of nitrogens with two attached hydrogens (primary N) is 1. The first kappa shape index (κ1) is 9.99. The van der Waals surface area contributed by atoms with Gasteiger partial charge in [-0.15, -0.1) is 0 Å². The molecule has 0 radical (unpaired) electrons. The van der Waals surface area contributed by atoms with Gasteiger partial charge < -0.3 is 10.5 Å². The molecular weight excluding hydrogens is 182 g/mol. The van der Waals surface area contributed by atoms with E-state index in [0.29, 0.717) is 0 Å². The van der Waals surface area contributed by atoms with Crippen molar-refractivity contribution < 1.29 is 9.53 Å². The molecule has 0 saturated carbocycles. The largest absolute Gasteiger partial charge is 0.461 e. The van der Waals surface area contributed by atoms with Gasteiger partial charge in [0.25, 0.3) is 0 Å². The molecule has 0 aromatic carbocycles. The first-order chi connectivity index (χ1) is 6.69. The third-order valence-electron chi connectivity index (χ3n) is 1.53. The summed E-state index contributed by atoms with van der Waals surface area (Å²) in [6, 6.07) is 4.70. The van der Waals surface area contributed by atoms with Gasteiger partial charge in [0.1, 0.15) is 11.9 Å². The zero-order chi connectivity index (χ0) is 10.6. The zero-order valence-corrected chi connectivity index (χ0v) is 7.65. The minimum atomic E-state index is -0.538. The monoisotopic (exact) mass is 191 g/mol. The first-order valence-corrected chi connectivity index (χ1v) is 4.02. The molecule has 0 bridgehead atoms. The Morgan fingerprint density at radius 3 is 2.93 bits per heavy atom. The van der Waals surface area contributed by atoms with Crippen molar-refractivity contribution in [3.8, 4) is 6.07 Å². The second kappa shape index (κ2) is 4.23. The maximum atomic E-state index is 11.2. The van der Waals surface area contributed by atoms with E-state index in [0.717, 1.165) is 0 Å². The molecule has 0 unspecified atom stereocenters. The predicted molar refractivity (Wildman–Crippen MR) is 49.3 cm³/mol. The molecule has 5 heteroatoms. The normalized spacial score (nSPS) is 9.14. The van der Waals surface area contributed by atoms with Crippen molar-refractivity contribution in [1.29, 1.82) is 5.26 Å². The van der Waals surface area contributed by atoms with Crippen LogP contribution in [0.3, 0.4) is 0 Å². The van der Waals surface area contributed by atoms with Gasteiger partial charge in [-0.1, -0.05) is 0 Å². The molecule has 72 valence electrons. The number of nitrogens with zero attached hydrogens (tertiary/aromatic N) is 2. The van der Waals surface area contributed by atoms with Crippen molar-refractivity contribution in [2.24, 2.45) is 0 Å². The summed E-state index contributed by atoms with van der Waals surface area (Å²) in [4.78, 5) is 14.9. The van der Waals surface area contributed by atoms with Crippen LogP contribution >= 0.6 is 0 Å². The molecule has 1 aromatic rings. The fourth-order valence-electron chi connectivity index (χ4n) is 0.888. The van der Waals surface area contributed by atoms with Gasteiger partial charge in [0.2, 0.25) is 0 Å². The Kier molecular flexibility index (Phi) is 3.02. The van der Waals surface area contributed by atoms with Crippen molar-refractivity contribution in [2.45, 2.75) is 6.92 Å². The number of esters is 1. The lowest BCUT2D eigenvalue weighted by molar-refractivity contribution is 0.0519. The van der Waals surface area contributed by atoms with Gasteiger partial charge in [-0.25, -0.2) is 9.78 Å². The van der Waals surface area contributed by atoms with E-state index in [9.17, 15) is 4.79 Å². The number of aromatic nitrogens is 1. The number of ether oxygens (including phenoxy) is 1. The average Bonchev–Trinajstić information content (AvgIpc) is 2.18. The number of pyridine rings is 1. The zero-order valence-electron chi connectivity index (χ0n) is 7.65. The average molecular weight is 191 g/mol. The SMILES string of the molecule is CCOC(=O)c1ccc(C#N)c(N)n1. The molecule has 0 saturated heterocycles. The fourth-order valence-corrected chi connectivity index (χ4v) is 0.888. The van der Waals surface area contributed by atoms with Crippen LogP contribution in [-0.2, 0) is 4.74 Å². The number of anilines is 1. The van der Waals surface area contributed by atoms with Crippen LogP contribution in [0.25, 0.3) is 0 Å². The number of nitriles is 1. The van der Waals surface area contributed by atoms with E-state index in [2.05, 4.69) is 4.98 Å². The first-order valence-electron chi connectivity index (χ1n) is 4.02. The molecule has 0 atom stereocenters. The number of rotatable bonds is 2. The summed E-state index contributed by atoms with van der Waals surface area (Å²) in [5, 5.41) is 8.57. The minimum absolute atomic E-state index is 0.0399. The number of carbonyl (C=O) groups excluding carboxylic acids is 1. The van der Waals surface area contributed by atoms with Crippen LogP contribution < -0.4 is 5.73 Å². The Morgan fingerprint density at radius 1 is 1.71 bits per heavy atom. The minimum Gasteiger partial charge on any atom is -0.461 e. The number of nitrogen functional groups attached to an aromatic ring is 1. The van der Waals surface area contributed by atoms with Crippen LogP contribution in [0.4, 0.5) is 5.82 Å². The summed E-state index contributed by atoms with van der Waals surface area (Å²) in [6.07, 6.45) is 0. The summed E-state index contributed by atoms with van der Waals surface area (Å²) >= 11 is 0. The van der Waals surface area contributed by atoms with Crippen LogP contribution in [0.2, 0.25) is 0 Å². The third kappa shape index (κ3) is 1.98. The van der Waals surface area contributed by atoms with Crippen LogP contribution in [0.1, 0.15) is 23.0 Å². The Morgan fingerprint density at radius 2 is 2.43 bits per heavy atom. The van der Waals surface area contributed by atoms with E-state index in [1.165, 1.54) is 12.1 Å². The smallest absolute Gasteiger partial charge is 0.356 e. The highest BCUT2D eigenvalue weighted by Crippen LogP contribution is 2.08. The van der Waals surface area contributed by atoms with Gasteiger partial charge in [0, 0.05) is 0 Å². The summed E-state index contributed by atoms with van der Waals surface area (Å²) < 4.78 is 4.72. The molecule has 0 amide bonds. The Hall–Kier alpha value is -2.09. The Bertz CT molecular complexity index is 396. The van der Waals surface area contributed by atoms with E-state index in [1.54, 1.807) is 6.92 Å². The molecule has 0 aliphatic rings. The molecular formula is C9H9N3O2. The number of carbonyl (C=O) groups is 1. The van der Waals surface area contributed by atoms with E-state index in [-0.39, 0.29) is 23.7 Å². The topological polar surface area (TPSA) is 89.0 Å². The van der Waals surface area contributed by atoms with Gasteiger partial charge in [0.05, 0.1) is 12.2 Å². The standard InChI is InChI=1S/C9H9N3O2/c1-2-14-9(13)7-4-3-6(5-10)8(11)12-7/h3-4H,2H2,1H3,(H2,11,12). The van der Waals surface area contributed by atoms with E-state index in [4.69, 9.17) is 15.7 Å². The molecule has 0 aliphatic carbocycles. The molecule has 5 nitrogen and oxygen atoms in total. The van der Waals surface area contributed by atoms with Gasteiger partial charge >= 0.3 is 5.97 Å². The summed E-state index contributed by atoms with van der Waals surface area (Å²) in [6.45, 7) is 1.98. The second-order valence-electron chi connectivity index (χ2n) is 2.46. The second-order valence-corrected chi connectivity index (χ2v) is 2.46. The van der Waals surface area contributed by atoms with E-state index < -0.39 is 5.97 Å². The van der Waals surface area contributed by atoms with E-state index >= 15 is 0 Å². The molecule has 0 fully saturated rings. The Balaban J connectivity index is 2.98. The van der Waals surface area contributed by atoms with Crippen molar-refractivity contribution in [3.63, 3.8) is 0 Å². The maximum absolute atomic E-state index is 11.2.